The molecule has 19 heavy (non-hydrogen) atoms. The maximum atomic E-state index is 11.6. The van der Waals surface area contributed by atoms with Crippen LogP contribution in [0.15, 0.2) is 24.3 Å². The average molecular weight is 259 g/mol. The minimum atomic E-state index is -0.716. The van der Waals surface area contributed by atoms with Crippen molar-refractivity contribution in [3.05, 3.63) is 29.8 Å². The number of nitriles is 1. The van der Waals surface area contributed by atoms with Gasteiger partial charge in [0.15, 0.2) is 0 Å². The highest BCUT2D eigenvalue weighted by molar-refractivity contribution is 6.39. The van der Waals surface area contributed by atoms with E-state index >= 15 is 0 Å². The summed E-state index contributed by atoms with van der Waals surface area (Å²) in [6.07, 6.45) is 2.94. The van der Waals surface area contributed by atoms with E-state index in [2.05, 4.69) is 17.6 Å². The van der Waals surface area contributed by atoms with Gasteiger partial charge in [-0.2, -0.15) is 5.26 Å². The molecule has 0 saturated carbocycles. The monoisotopic (exact) mass is 259 g/mol. The molecule has 2 N–H and O–H groups in total. The van der Waals surface area contributed by atoms with Crippen LogP contribution in [0.5, 0.6) is 0 Å². The first-order valence-corrected chi connectivity index (χ1v) is 6.26. The molecule has 0 radical (unpaired) electrons. The summed E-state index contributed by atoms with van der Waals surface area (Å²) in [6, 6.07) is 8.38. The van der Waals surface area contributed by atoms with E-state index in [1.807, 2.05) is 6.07 Å². The second-order valence-corrected chi connectivity index (χ2v) is 4.11. The summed E-state index contributed by atoms with van der Waals surface area (Å²) in [4.78, 5) is 23.0. The van der Waals surface area contributed by atoms with Gasteiger partial charge < -0.3 is 10.6 Å². The molecule has 1 aromatic rings. The molecular formula is C14H17N3O2. The first-order valence-electron chi connectivity index (χ1n) is 6.26. The Bertz CT molecular complexity index is 492. The minimum absolute atomic E-state index is 0.432. The van der Waals surface area contributed by atoms with Crippen LogP contribution >= 0.6 is 0 Å². The molecule has 0 aliphatic carbocycles. The molecule has 5 heteroatoms. The van der Waals surface area contributed by atoms with E-state index in [-0.39, 0.29) is 0 Å². The Balaban J connectivity index is 2.45. The summed E-state index contributed by atoms with van der Waals surface area (Å²) in [5, 5.41) is 13.7. The van der Waals surface area contributed by atoms with E-state index in [0.29, 0.717) is 17.8 Å². The van der Waals surface area contributed by atoms with E-state index in [1.54, 1.807) is 18.2 Å². The van der Waals surface area contributed by atoms with Crippen molar-refractivity contribution in [1.82, 2.24) is 5.32 Å². The van der Waals surface area contributed by atoms with Gasteiger partial charge in [0, 0.05) is 12.2 Å². The summed E-state index contributed by atoms with van der Waals surface area (Å²) >= 11 is 0. The topological polar surface area (TPSA) is 82.0 Å². The molecule has 5 nitrogen and oxygen atoms in total. The third kappa shape index (κ3) is 5.21. The van der Waals surface area contributed by atoms with Crippen LogP contribution in [-0.4, -0.2) is 18.4 Å². The molecule has 100 valence electrons. The number of benzene rings is 1. The van der Waals surface area contributed by atoms with E-state index < -0.39 is 11.8 Å². The largest absolute Gasteiger partial charge is 0.348 e. The summed E-state index contributed by atoms with van der Waals surface area (Å²) in [5.74, 6) is -1.37. The second-order valence-electron chi connectivity index (χ2n) is 4.11. The number of rotatable bonds is 5. The third-order valence-electron chi connectivity index (χ3n) is 2.52. The molecule has 0 bridgehead atoms. The lowest BCUT2D eigenvalue weighted by Gasteiger charge is -2.06. The van der Waals surface area contributed by atoms with Gasteiger partial charge in [0.1, 0.15) is 0 Å². The van der Waals surface area contributed by atoms with Crippen LogP contribution in [0.2, 0.25) is 0 Å². The Hall–Kier alpha value is -2.35. The number of hydrogen-bond donors (Lipinski definition) is 2. The van der Waals surface area contributed by atoms with Gasteiger partial charge >= 0.3 is 11.8 Å². The van der Waals surface area contributed by atoms with E-state index in [4.69, 9.17) is 5.26 Å². The molecular weight excluding hydrogens is 242 g/mol. The lowest BCUT2D eigenvalue weighted by Crippen LogP contribution is -2.35. The Morgan fingerprint density at radius 3 is 2.74 bits per heavy atom. The highest BCUT2D eigenvalue weighted by Crippen LogP contribution is 2.09. The van der Waals surface area contributed by atoms with Gasteiger partial charge in [-0.1, -0.05) is 25.8 Å². The first-order chi connectivity index (χ1) is 9.17. The smallest absolute Gasteiger partial charge is 0.313 e. The summed E-state index contributed by atoms with van der Waals surface area (Å²) < 4.78 is 0. The minimum Gasteiger partial charge on any atom is -0.348 e. The van der Waals surface area contributed by atoms with Crippen LogP contribution in [0.25, 0.3) is 0 Å². The van der Waals surface area contributed by atoms with Crippen LogP contribution in [0.4, 0.5) is 5.69 Å². The summed E-state index contributed by atoms with van der Waals surface area (Å²) in [7, 11) is 0. The maximum absolute atomic E-state index is 11.6. The molecule has 0 aliphatic heterocycles. The SMILES string of the molecule is CCCCCNC(=O)C(=O)Nc1cccc(C#N)c1. The van der Waals surface area contributed by atoms with Crippen molar-refractivity contribution in [3.63, 3.8) is 0 Å². The van der Waals surface area contributed by atoms with Crippen molar-refractivity contribution < 1.29 is 9.59 Å². The van der Waals surface area contributed by atoms with Crippen LogP contribution < -0.4 is 10.6 Å². The van der Waals surface area contributed by atoms with Crippen molar-refractivity contribution >= 4 is 17.5 Å². The van der Waals surface area contributed by atoms with Crippen molar-refractivity contribution in [2.45, 2.75) is 26.2 Å². The highest BCUT2D eigenvalue weighted by atomic mass is 16.2. The zero-order valence-corrected chi connectivity index (χ0v) is 10.9. The Morgan fingerprint density at radius 2 is 2.05 bits per heavy atom. The number of nitrogens with one attached hydrogen (secondary N) is 2. The van der Waals surface area contributed by atoms with E-state index in [9.17, 15) is 9.59 Å². The first kappa shape index (κ1) is 14.7. The molecule has 0 saturated heterocycles. The summed E-state index contributed by atoms with van der Waals surface area (Å²) in [5.41, 5.74) is 0.869. The standard InChI is InChI=1S/C14H17N3O2/c1-2-3-4-8-16-13(18)14(19)17-12-7-5-6-11(9-12)10-15/h5-7,9H,2-4,8H2,1H3,(H,16,18)(H,17,19). The number of hydrogen-bond acceptors (Lipinski definition) is 3. The fourth-order valence-electron chi connectivity index (χ4n) is 1.51. The van der Waals surface area contributed by atoms with Crippen LogP contribution in [0, 0.1) is 11.3 Å². The number of carbonyl (C=O) groups excluding carboxylic acids is 2. The van der Waals surface area contributed by atoms with Crippen molar-refractivity contribution in [2.75, 3.05) is 11.9 Å². The van der Waals surface area contributed by atoms with Crippen molar-refractivity contribution in [3.8, 4) is 6.07 Å². The third-order valence-corrected chi connectivity index (χ3v) is 2.52. The molecule has 0 heterocycles. The van der Waals surface area contributed by atoms with Gasteiger partial charge in [-0.3, -0.25) is 9.59 Å². The molecule has 0 unspecified atom stereocenters. The molecule has 0 aliphatic rings. The molecule has 1 rings (SSSR count). The molecule has 0 atom stereocenters. The van der Waals surface area contributed by atoms with Crippen LogP contribution in [0.3, 0.4) is 0 Å². The van der Waals surface area contributed by atoms with Crippen LogP contribution in [-0.2, 0) is 9.59 Å². The van der Waals surface area contributed by atoms with E-state index in [1.165, 1.54) is 6.07 Å². The van der Waals surface area contributed by atoms with Gasteiger partial charge in [0.05, 0.1) is 11.6 Å². The quantitative estimate of drug-likeness (QED) is 0.625. The summed E-state index contributed by atoms with van der Waals surface area (Å²) in [6.45, 7) is 2.56. The molecule has 0 aromatic heterocycles. The number of carbonyl (C=O) groups is 2. The Labute approximate surface area is 112 Å². The van der Waals surface area contributed by atoms with Gasteiger partial charge in [-0.15, -0.1) is 0 Å². The molecule has 0 spiro atoms. The number of anilines is 1. The predicted molar refractivity (Wildman–Crippen MR) is 72.3 cm³/mol. The predicted octanol–water partition coefficient (Wildman–Crippen LogP) is 1.80. The highest BCUT2D eigenvalue weighted by Gasteiger charge is 2.12. The molecule has 0 fully saturated rings. The normalized spacial score (nSPS) is 9.47. The van der Waals surface area contributed by atoms with Crippen molar-refractivity contribution in [2.24, 2.45) is 0 Å². The molecule has 2 amide bonds. The van der Waals surface area contributed by atoms with Crippen molar-refractivity contribution in [1.29, 1.82) is 5.26 Å². The Morgan fingerprint density at radius 1 is 1.26 bits per heavy atom. The van der Waals surface area contributed by atoms with Crippen LogP contribution in [0.1, 0.15) is 31.7 Å². The lowest BCUT2D eigenvalue weighted by molar-refractivity contribution is -0.136. The number of amides is 2. The van der Waals surface area contributed by atoms with Gasteiger partial charge in [-0.25, -0.2) is 0 Å². The van der Waals surface area contributed by atoms with Gasteiger partial charge in [0.2, 0.25) is 0 Å². The zero-order chi connectivity index (χ0) is 14.1. The van der Waals surface area contributed by atoms with Gasteiger partial charge in [0.25, 0.3) is 0 Å². The molecule has 1 aromatic carbocycles. The number of nitrogens with zero attached hydrogens (tertiary/aromatic N) is 1. The van der Waals surface area contributed by atoms with Gasteiger partial charge in [-0.05, 0) is 24.6 Å². The fraction of sp³-hybridized carbons (Fsp3) is 0.357. The average Bonchev–Trinajstić information content (AvgIpc) is 2.43. The second kappa shape index (κ2) is 7.88. The lowest BCUT2D eigenvalue weighted by atomic mass is 10.2. The fourth-order valence-corrected chi connectivity index (χ4v) is 1.51. The number of unbranched alkanes of at least 4 members (excludes halogenated alkanes) is 2. The zero-order valence-electron chi connectivity index (χ0n) is 10.9. The maximum Gasteiger partial charge on any atom is 0.313 e. The Kier molecular flexibility index (Phi) is 6.10. The van der Waals surface area contributed by atoms with E-state index in [0.717, 1.165) is 19.3 Å².